The van der Waals surface area contributed by atoms with Crippen LogP contribution in [0.3, 0.4) is 0 Å². The minimum Gasteiger partial charge on any atom is -0.496 e. The van der Waals surface area contributed by atoms with E-state index in [9.17, 15) is 4.79 Å². The van der Waals surface area contributed by atoms with E-state index in [-0.39, 0.29) is 5.43 Å². The molecule has 0 amide bonds. The van der Waals surface area contributed by atoms with Crippen molar-refractivity contribution in [3.63, 3.8) is 0 Å². The van der Waals surface area contributed by atoms with Gasteiger partial charge in [0.25, 0.3) is 0 Å². The zero-order valence-electron chi connectivity index (χ0n) is 10.7. The molecule has 0 aliphatic carbocycles. The van der Waals surface area contributed by atoms with E-state index in [0.29, 0.717) is 16.7 Å². The Balaban J connectivity index is 2.19. The first-order chi connectivity index (χ1) is 9.69. The largest absolute Gasteiger partial charge is 0.496 e. The molecule has 0 spiro atoms. The van der Waals surface area contributed by atoms with Gasteiger partial charge in [0.1, 0.15) is 17.1 Å². The van der Waals surface area contributed by atoms with Crippen LogP contribution >= 0.6 is 15.9 Å². The molecule has 0 radical (unpaired) electrons. The molecule has 1 heterocycles. The molecule has 0 saturated carbocycles. The predicted octanol–water partition coefficient (Wildman–Crippen LogP) is 4.23. The monoisotopic (exact) mass is 330 g/mol. The SMILES string of the molecule is COc1ccc(-c2cc(=O)c3ccccc3o2)cc1Br. The number of benzene rings is 2. The summed E-state index contributed by atoms with van der Waals surface area (Å²) in [5.74, 6) is 1.27. The summed E-state index contributed by atoms with van der Waals surface area (Å²) in [5, 5.41) is 0.587. The number of fused-ring (bicyclic) bond motifs is 1. The third kappa shape index (κ3) is 2.23. The zero-order valence-corrected chi connectivity index (χ0v) is 12.3. The molecule has 0 aliphatic rings. The van der Waals surface area contributed by atoms with Crippen LogP contribution in [0.5, 0.6) is 5.75 Å². The van der Waals surface area contributed by atoms with Crippen LogP contribution in [0.4, 0.5) is 0 Å². The summed E-state index contributed by atoms with van der Waals surface area (Å²) >= 11 is 3.43. The van der Waals surface area contributed by atoms with E-state index in [1.54, 1.807) is 19.2 Å². The summed E-state index contributed by atoms with van der Waals surface area (Å²) in [6.07, 6.45) is 0. The lowest BCUT2D eigenvalue weighted by Gasteiger charge is -2.06. The number of para-hydroxylation sites is 1. The Kier molecular flexibility index (Phi) is 3.32. The third-order valence-corrected chi connectivity index (χ3v) is 3.69. The number of hydrogen-bond acceptors (Lipinski definition) is 3. The normalized spacial score (nSPS) is 10.7. The maximum atomic E-state index is 12.1. The van der Waals surface area contributed by atoms with Crippen molar-refractivity contribution in [1.82, 2.24) is 0 Å². The Morgan fingerprint density at radius 2 is 1.90 bits per heavy atom. The maximum absolute atomic E-state index is 12.1. The van der Waals surface area contributed by atoms with Gasteiger partial charge in [0.15, 0.2) is 5.43 Å². The van der Waals surface area contributed by atoms with E-state index >= 15 is 0 Å². The van der Waals surface area contributed by atoms with Gasteiger partial charge in [-0.2, -0.15) is 0 Å². The Labute approximate surface area is 123 Å². The molecule has 2 aromatic carbocycles. The lowest BCUT2D eigenvalue weighted by atomic mass is 10.1. The lowest BCUT2D eigenvalue weighted by Crippen LogP contribution is -1.99. The van der Waals surface area contributed by atoms with Crippen molar-refractivity contribution in [3.8, 4) is 17.1 Å². The number of rotatable bonds is 2. The first kappa shape index (κ1) is 12.9. The van der Waals surface area contributed by atoms with E-state index in [1.807, 2.05) is 30.3 Å². The van der Waals surface area contributed by atoms with Gasteiger partial charge in [-0.05, 0) is 46.3 Å². The maximum Gasteiger partial charge on any atom is 0.193 e. The highest BCUT2D eigenvalue weighted by atomic mass is 79.9. The summed E-state index contributed by atoms with van der Waals surface area (Å²) in [4.78, 5) is 12.1. The zero-order chi connectivity index (χ0) is 14.1. The summed E-state index contributed by atoms with van der Waals surface area (Å²) < 4.78 is 11.8. The second kappa shape index (κ2) is 5.13. The molecule has 4 heteroatoms. The molecule has 3 nitrogen and oxygen atoms in total. The Hall–Kier alpha value is -2.07. The van der Waals surface area contributed by atoms with E-state index in [1.165, 1.54) is 6.07 Å². The molecule has 0 saturated heterocycles. The highest BCUT2D eigenvalue weighted by Crippen LogP contribution is 2.30. The van der Waals surface area contributed by atoms with Crippen LogP contribution in [-0.2, 0) is 0 Å². The Morgan fingerprint density at radius 1 is 1.10 bits per heavy atom. The summed E-state index contributed by atoms with van der Waals surface area (Å²) in [5.41, 5.74) is 1.36. The second-order valence-electron chi connectivity index (χ2n) is 4.32. The number of methoxy groups -OCH3 is 1. The molecule has 0 aliphatic heterocycles. The molecule has 0 atom stereocenters. The van der Waals surface area contributed by atoms with Crippen molar-refractivity contribution < 1.29 is 9.15 Å². The van der Waals surface area contributed by atoms with Crippen LogP contribution in [-0.4, -0.2) is 7.11 Å². The van der Waals surface area contributed by atoms with Crippen LogP contribution in [0, 0.1) is 0 Å². The van der Waals surface area contributed by atoms with Crippen LogP contribution in [0.25, 0.3) is 22.3 Å². The van der Waals surface area contributed by atoms with E-state index < -0.39 is 0 Å². The lowest BCUT2D eigenvalue weighted by molar-refractivity contribution is 0.412. The highest BCUT2D eigenvalue weighted by Gasteiger charge is 2.08. The fourth-order valence-electron chi connectivity index (χ4n) is 2.07. The Bertz CT molecular complexity index is 836. The van der Waals surface area contributed by atoms with E-state index in [4.69, 9.17) is 9.15 Å². The van der Waals surface area contributed by atoms with Gasteiger partial charge in [0, 0.05) is 11.6 Å². The van der Waals surface area contributed by atoms with Crippen molar-refractivity contribution >= 4 is 26.9 Å². The van der Waals surface area contributed by atoms with Crippen LogP contribution in [0.2, 0.25) is 0 Å². The molecular weight excluding hydrogens is 320 g/mol. The van der Waals surface area contributed by atoms with Gasteiger partial charge in [-0.25, -0.2) is 0 Å². The van der Waals surface area contributed by atoms with Crippen molar-refractivity contribution in [3.05, 3.63) is 63.2 Å². The summed E-state index contributed by atoms with van der Waals surface area (Å²) in [7, 11) is 1.61. The van der Waals surface area contributed by atoms with Crippen molar-refractivity contribution in [2.45, 2.75) is 0 Å². The van der Waals surface area contributed by atoms with E-state index in [2.05, 4.69) is 15.9 Å². The number of halogens is 1. The quantitative estimate of drug-likeness (QED) is 0.705. The first-order valence-electron chi connectivity index (χ1n) is 6.06. The molecule has 3 aromatic rings. The second-order valence-corrected chi connectivity index (χ2v) is 5.17. The molecule has 0 unspecified atom stereocenters. The molecule has 20 heavy (non-hydrogen) atoms. The predicted molar refractivity (Wildman–Crippen MR) is 82.2 cm³/mol. The summed E-state index contributed by atoms with van der Waals surface area (Å²) in [6, 6.07) is 14.3. The molecular formula is C16H11BrO3. The molecule has 0 fully saturated rings. The standard InChI is InChI=1S/C16H11BrO3/c1-19-15-7-6-10(8-12(15)17)16-9-13(18)11-4-2-3-5-14(11)20-16/h2-9H,1H3. The van der Waals surface area contributed by atoms with Gasteiger partial charge in [-0.3, -0.25) is 4.79 Å². The third-order valence-electron chi connectivity index (χ3n) is 3.07. The molecule has 0 N–H and O–H groups in total. The average molecular weight is 331 g/mol. The minimum absolute atomic E-state index is 0.0474. The average Bonchev–Trinajstić information content (AvgIpc) is 2.47. The fraction of sp³-hybridized carbons (Fsp3) is 0.0625. The molecule has 100 valence electrons. The van der Waals surface area contributed by atoms with Gasteiger partial charge in [-0.1, -0.05) is 12.1 Å². The van der Waals surface area contributed by atoms with E-state index in [0.717, 1.165) is 15.8 Å². The molecule has 0 bridgehead atoms. The Morgan fingerprint density at radius 3 is 2.65 bits per heavy atom. The fourth-order valence-corrected chi connectivity index (χ4v) is 2.61. The van der Waals surface area contributed by atoms with Crippen LogP contribution < -0.4 is 10.2 Å². The number of hydrogen-bond donors (Lipinski definition) is 0. The van der Waals surface area contributed by atoms with Crippen molar-refractivity contribution in [2.24, 2.45) is 0 Å². The van der Waals surface area contributed by atoms with Gasteiger partial charge >= 0.3 is 0 Å². The van der Waals surface area contributed by atoms with Gasteiger partial charge < -0.3 is 9.15 Å². The number of ether oxygens (including phenoxy) is 1. The molecule has 3 rings (SSSR count). The van der Waals surface area contributed by atoms with Gasteiger partial charge in [0.2, 0.25) is 0 Å². The summed E-state index contributed by atoms with van der Waals surface area (Å²) in [6.45, 7) is 0. The molecule has 1 aromatic heterocycles. The van der Waals surface area contributed by atoms with Crippen molar-refractivity contribution in [1.29, 1.82) is 0 Å². The topological polar surface area (TPSA) is 39.4 Å². The van der Waals surface area contributed by atoms with Crippen LogP contribution in [0.15, 0.2) is 62.2 Å². The van der Waals surface area contributed by atoms with Gasteiger partial charge in [0.05, 0.1) is 17.0 Å². The van der Waals surface area contributed by atoms with Gasteiger partial charge in [-0.15, -0.1) is 0 Å². The van der Waals surface area contributed by atoms with Crippen LogP contribution in [0.1, 0.15) is 0 Å². The minimum atomic E-state index is -0.0474. The first-order valence-corrected chi connectivity index (χ1v) is 6.85. The smallest absolute Gasteiger partial charge is 0.193 e. The van der Waals surface area contributed by atoms with Crippen molar-refractivity contribution in [2.75, 3.05) is 7.11 Å². The highest BCUT2D eigenvalue weighted by molar-refractivity contribution is 9.10.